The lowest BCUT2D eigenvalue weighted by molar-refractivity contribution is -0.130. The third kappa shape index (κ3) is 3.15. The van der Waals surface area contributed by atoms with E-state index in [0.29, 0.717) is 4.88 Å². The zero-order chi connectivity index (χ0) is 12.1. The van der Waals surface area contributed by atoms with Crippen LogP contribution < -0.4 is 5.73 Å². The summed E-state index contributed by atoms with van der Waals surface area (Å²) in [6.07, 6.45) is 0. The summed E-state index contributed by atoms with van der Waals surface area (Å²) in [6.45, 7) is 3.79. The highest BCUT2D eigenvalue weighted by Crippen LogP contribution is 2.11. The van der Waals surface area contributed by atoms with Crippen LogP contribution in [0.25, 0.3) is 0 Å². The van der Waals surface area contributed by atoms with Gasteiger partial charge in [0.25, 0.3) is 0 Å². The van der Waals surface area contributed by atoms with Crippen molar-refractivity contribution >= 4 is 23.0 Å². The average Bonchev–Trinajstić information content (AvgIpc) is 2.77. The van der Waals surface area contributed by atoms with Crippen molar-refractivity contribution < 1.29 is 9.59 Å². The van der Waals surface area contributed by atoms with Crippen LogP contribution in [0.15, 0.2) is 17.5 Å². The highest BCUT2D eigenvalue weighted by atomic mass is 32.1. The first-order valence-corrected chi connectivity index (χ1v) is 6.00. The molecule has 0 spiro atoms. The molecule has 1 amide bonds. The summed E-state index contributed by atoms with van der Waals surface area (Å²) in [4.78, 5) is 25.5. The molecule has 0 bridgehead atoms. The lowest BCUT2D eigenvalue weighted by Gasteiger charge is -2.25. The molecule has 0 fully saturated rings. The van der Waals surface area contributed by atoms with Gasteiger partial charge in [-0.1, -0.05) is 6.07 Å². The molecule has 0 saturated heterocycles. The fourth-order valence-electron chi connectivity index (χ4n) is 1.35. The molecule has 0 saturated carbocycles. The summed E-state index contributed by atoms with van der Waals surface area (Å²) in [5.41, 5.74) is 5.31. The Morgan fingerprint density at radius 2 is 2.19 bits per heavy atom. The molecule has 0 aliphatic carbocycles. The van der Waals surface area contributed by atoms with Gasteiger partial charge in [-0.25, -0.2) is 0 Å². The Hall–Kier alpha value is -1.20. The molecular formula is C11H16N2O2S. The molecule has 0 radical (unpaired) electrons. The van der Waals surface area contributed by atoms with E-state index < -0.39 is 0 Å². The molecule has 0 aliphatic heterocycles. The number of hydrogen-bond acceptors (Lipinski definition) is 4. The van der Waals surface area contributed by atoms with E-state index in [4.69, 9.17) is 5.73 Å². The lowest BCUT2D eigenvalue weighted by atomic mass is 10.2. The van der Waals surface area contributed by atoms with E-state index in [2.05, 4.69) is 0 Å². The van der Waals surface area contributed by atoms with Gasteiger partial charge in [0, 0.05) is 6.04 Å². The van der Waals surface area contributed by atoms with Crippen LogP contribution in [0.3, 0.4) is 0 Å². The van der Waals surface area contributed by atoms with Crippen molar-refractivity contribution in [3.8, 4) is 0 Å². The lowest BCUT2D eigenvalue weighted by Crippen LogP contribution is -2.43. The highest BCUT2D eigenvalue weighted by molar-refractivity contribution is 7.12. The van der Waals surface area contributed by atoms with Crippen LogP contribution in [0, 0.1) is 0 Å². The van der Waals surface area contributed by atoms with Crippen LogP contribution in [-0.2, 0) is 4.79 Å². The molecule has 16 heavy (non-hydrogen) atoms. The van der Waals surface area contributed by atoms with Crippen molar-refractivity contribution in [3.05, 3.63) is 22.4 Å². The second-order valence-electron chi connectivity index (χ2n) is 3.72. The van der Waals surface area contributed by atoms with Crippen LogP contribution in [0.2, 0.25) is 0 Å². The molecule has 0 atom stereocenters. The molecule has 88 valence electrons. The maximum atomic E-state index is 11.8. The SMILES string of the molecule is CC(C)N(CC(=O)c1cccs1)C(=O)CN. The fraction of sp³-hybridized carbons (Fsp3) is 0.455. The minimum absolute atomic E-state index is 0.0139. The van der Waals surface area contributed by atoms with Crippen molar-refractivity contribution in [2.24, 2.45) is 5.73 Å². The third-order valence-electron chi connectivity index (χ3n) is 2.23. The molecule has 2 N–H and O–H groups in total. The van der Waals surface area contributed by atoms with Crippen molar-refractivity contribution in [3.63, 3.8) is 0 Å². The van der Waals surface area contributed by atoms with E-state index in [1.807, 2.05) is 25.3 Å². The van der Waals surface area contributed by atoms with Crippen LogP contribution in [0.1, 0.15) is 23.5 Å². The number of amides is 1. The molecular weight excluding hydrogens is 224 g/mol. The van der Waals surface area contributed by atoms with Gasteiger partial charge in [-0.2, -0.15) is 0 Å². The zero-order valence-electron chi connectivity index (χ0n) is 9.47. The summed E-state index contributed by atoms with van der Waals surface area (Å²) in [7, 11) is 0. The minimum Gasteiger partial charge on any atom is -0.331 e. The topological polar surface area (TPSA) is 63.4 Å². The Balaban J connectivity index is 2.69. The van der Waals surface area contributed by atoms with Crippen LogP contribution >= 0.6 is 11.3 Å². The number of thiophene rings is 1. The van der Waals surface area contributed by atoms with Gasteiger partial charge < -0.3 is 10.6 Å². The van der Waals surface area contributed by atoms with Gasteiger partial charge in [-0.3, -0.25) is 9.59 Å². The molecule has 0 aliphatic rings. The summed E-state index contributed by atoms with van der Waals surface area (Å²) < 4.78 is 0. The Labute approximate surface area is 99.0 Å². The molecule has 4 nitrogen and oxygen atoms in total. The predicted molar refractivity (Wildman–Crippen MR) is 64.6 cm³/mol. The Morgan fingerprint density at radius 1 is 1.50 bits per heavy atom. The number of carbonyl (C=O) groups is 2. The molecule has 1 heterocycles. The quantitative estimate of drug-likeness (QED) is 0.785. The van der Waals surface area contributed by atoms with Crippen molar-refractivity contribution in [2.75, 3.05) is 13.1 Å². The fourth-order valence-corrected chi connectivity index (χ4v) is 2.00. The second kappa shape index (κ2) is 5.77. The smallest absolute Gasteiger partial charge is 0.236 e. The summed E-state index contributed by atoms with van der Waals surface area (Å²) >= 11 is 1.39. The van der Waals surface area contributed by atoms with E-state index in [1.54, 1.807) is 6.07 Å². The number of nitrogens with two attached hydrogens (primary N) is 1. The zero-order valence-corrected chi connectivity index (χ0v) is 10.3. The van der Waals surface area contributed by atoms with Crippen molar-refractivity contribution in [2.45, 2.75) is 19.9 Å². The largest absolute Gasteiger partial charge is 0.331 e. The number of nitrogens with zero attached hydrogens (tertiary/aromatic N) is 1. The van der Waals surface area contributed by atoms with Gasteiger partial charge in [0.15, 0.2) is 5.78 Å². The van der Waals surface area contributed by atoms with Crippen molar-refractivity contribution in [1.29, 1.82) is 0 Å². The Kier molecular flexibility index (Phi) is 4.64. The number of carbonyl (C=O) groups excluding carboxylic acids is 2. The number of Topliss-reactive ketones (excluding diaryl/α,β-unsaturated/α-hetero) is 1. The van der Waals surface area contributed by atoms with Crippen LogP contribution in [0.5, 0.6) is 0 Å². The summed E-state index contributed by atoms with van der Waals surface area (Å²) in [6, 6.07) is 3.57. The first-order chi connectivity index (χ1) is 7.56. The number of rotatable bonds is 5. The first-order valence-electron chi connectivity index (χ1n) is 5.12. The molecule has 1 aromatic rings. The van der Waals surface area contributed by atoms with Gasteiger partial charge in [-0.05, 0) is 25.3 Å². The van der Waals surface area contributed by atoms with E-state index in [1.165, 1.54) is 16.2 Å². The van der Waals surface area contributed by atoms with Crippen LogP contribution in [-0.4, -0.2) is 35.7 Å². The second-order valence-corrected chi connectivity index (χ2v) is 4.67. The molecule has 0 unspecified atom stereocenters. The molecule has 0 aromatic carbocycles. The first kappa shape index (κ1) is 12.9. The van der Waals surface area contributed by atoms with Gasteiger partial charge in [0.2, 0.25) is 5.91 Å². The monoisotopic (exact) mass is 240 g/mol. The maximum Gasteiger partial charge on any atom is 0.236 e. The summed E-state index contributed by atoms with van der Waals surface area (Å²) in [5.74, 6) is -0.231. The Bertz CT molecular complexity index is 360. The van der Waals surface area contributed by atoms with Gasteiger partial charge in [0.05, 0.1) is 18.0 Å². The normalized spacial score (nSPS) is 10.5. The molecule has 1 rings (SSSR count). The molecule has 1 aromatic heterocycles. The van der Waals surface area contributed by atoms with Gasteiger partial charge >= 0.3 is 0 Å². The highest BCUT2D eigenvalue weighted by Gasteiger charge is 2.19. The van der Waals surface area contributed by atoms with E-state index in [0.717, 1.165) is 0 Å². The van der Waals surface area contributed by atoms with Crippen LogP contribution in [0.4, 0.5) is 0 Å². The maximum absolute atomic E-state index is 11.8. The predicted octanol–water partition coefficient (Wildman–Crippen LogP) is 1.13. The van der Waals surface area contributed by atoms with E-state index in [-0.39, 0.29) is 30.8 Å². The summed E-state index contributed by atoms with van der Waals surface area (Å²) in [5, 5.41) is 1.84. The van der Waals surface area contributed by atoms with Crippen molar-refractivity contribution in [1.82, 2.24) is 4.90 Å². The number of hydrogen-bond donors (Lipinski definition) is 1. The standard InChI is InChI=1S/C11H16N2O2S/c1-8(2)13(11(15)6-12)7-9(14)10-4-3-5-16-10/h3-5,8H,6-7,12H2,1-2H3. The van der Waals surface area contributed by atoms with Gasteiger partial charge in [-0.15, -0.1) is 11.3 Å². The van der Waals surface area contributed by atoms with E-state index in [9.17, 15) is 9.59 Å². The van der Waals surface area contributed by atoms with E-state index >= 15 is 0 Å². The number of ketones is 1. The Morgan fingerprint density at radius 3 is 2.62 bits per heavy atom. The molecule has 5 heteroatoms. The third-order valence-corrected chi connectivity index (χ3v) is 3.14. The minimum atomic E-state index is -0.195. The van der Waals surface area contributed by atoms with Gasteiger partial charge in [0.1, 0.15) is 0 Å². The average molecular weight is 240 g/mol.